The standard InChI is InChI=1S/C21H16ClN5O2S/c22-19-5-4-18(30-19)16-11-17(27-26-16)21(29)24-12-13-2-1-3-14(10-13)20(28)25-15-6-8-23-9-7-15/h1-11H,12H2,(H,24,29)(H,26,27)(H,23,25,28). The quantitative estimate of drug-likeness (QED) is 0.417. The van der Waals surface area contributed by atoms with E-state index >= 15 is 0 Å². The van der Waals surface area contributed by atoms with Crippen molar-refractivity contribution < 1.29 is 9.59 Å². The summed E-state index contributed by atoms with van der Waals surface area (Å²) in [7, 11) is 0. The highest BCUT2D eigenvalue weighted by Crippen LogP contribution is 2.29. The normalized spacial score (nSPS) is 10.6. The number of halogens is 1. The molecule has 0 aliphatic rings. The number of anilines is 1. The van der Waals surface area contributed by atoms with Gasteiger partial charge in [-0.1, -0.05) is 23.7 Å². The number of nitrogens with one attached hydrogen (secondary N) is 3. The molecule has 0 aliphatic heterocycles. The van der Waals surface area contributed by atoms with E-state index in [1.807, 2.05) is 12.1 Å². The Balaban J connectivity index is 1.38. The van der Waals surface area contributed by atoms with E-state index in [4.69, 9.17) is 11.6 Å². The van der Waals surface area contributed by atoms with Gasteiger partial charge < -0.3 is 10.6 Å². The van der Waals surface area contributed by atoms with Crippen molar-refractivity contribution in [2.75, 3.05) is 5.32 Å². The number of aromatic amines is 1. The Morgan fingerprint density at radius 1 is 1.03 bits per heavy atom. The molecule has 0 bridgehead atoms. The summed E-state index contributed by atoms with van der Waals surface area (Å²) < 4.78 is 0.665. The predicted molar refractivity (Wildman–Crippen MR) is 117 cm³/mol. The molecule has 9 heteroatoms. The van der Waals surface area contributed by atoms with Crippen molar-refractivity contribution in [2.24, 2.45) is 0 Å². The van der Waals surface area contributed by atoms with E-state index in [0.717, 1.165) is 16.1 Å². The molecule has 0 unspecified atom stereocenters. The Hall–Kier alpha value is -3.49. The fourth-order valence-electron chi connectivity index (χ4n) is 2.76. The van der Waals surface area contributed by atoms with Crippen LogP contribution >= 0.6 is 22.9 Å². The number of carbonyl (C=O) groups excluding carboxylic acids is 2. The molecule has 1 aromatic carbocycles. The lowest BCUT2D eigenvalue weighted by molar-refractivity contribution is 0.0945. The molecule has 0 spiro atoms. The molecule has 3 heterocycles. The summed E-state index contributed by atoms with van der Waals surface area (Å²) in [6.45, 7) is 0.266. The lowest BCUT2D eigenvalue weighted by Crippen LogP contribution is -2.23. The highest BCUT2D eigenvalue weighted by Gasteiger charge is 2.13. The molecule has 3 aromatic heterocycles. The van der Waals surface area contributed by atoms with Crippen LogP contribution in [-0.2, 0) is 6.54 Å². The van der Waals surface area contributed by atoms with E-state index in [0.29, 0.717) is 15.6 Å². The molecule has 4 rings (SSSR count). The number of hydrogen-bond acceptors (Lipinski definition) is 5. The molecule has 0 atom stereocenters. The molecule has 3 N–H and O–H groups in total. The van der Waals surface area contributed by atoms with Crippen LogP contribution in [0.2, 0.25) is 4.34 Å². The number of H-pyrrole nitrogens is 1. The van der Waals surface area contributed by atoms with E-state index in [1.165, 1.54) is 11.3 Å². The van der Waals surface area contributed by atoms with Gasteiger partial charge >= 0.3 is 0 Å². The average molecular weight is 438 g/mol. The number of carbonyl (C=O) groups is 2. The van der Waals surface area contributed by atoms with E-state index < -0.39 is 0 Å². The second-order valence-electron chi connectivity index (χ2n) is 6.34. The van der Waals surface area contributed by atoms with Crippen molar-refractivity contribution in [3.05, 3.63) is 88.1 Å². The first-order valence-corrected chi connectivity index (χ1v) is 10.2. The number of aromatic nitrogens is 3. The van der Waals surface area contributed by atoms with E-state index in [-0.39, 0.29) is 24.1 Å². The maximum Gasteiger partial charge on any atom is 0.272 e. The number of amides is 2. The van der Waals surface area contributed by atoms with Crippen molar-refractivity contribution in [3.8, 4) is 10.6 Å². The minimum atomic E-state index is -0.313. The number of pyridine rings is 1. The molecule has 2 amide bonds. The molecule has 0 fully saturated rings. The largest absolute Gasteiger partial charge is 0.347 e. The first-order valence-electron chi connectivity index (χ1n) is 8.98. The van der Waals surface area contributed by atoms with Crippen LogP contribution in [0.15, 0.2) is 67.0 Å². The van der Waals surface area contributed by atoms with Gasteiger partial charge in [0, 0.05) is 30.2 Å². The molecule has 7 nitrogen and oxygen atoms in total. The van der Waals surface area contributed by atoms with E-state index in [2.05, 4.69) is 25.8 Å². The minimum absolute atomic E-state index is 0.235. The van der Waals surface area contributed by atoms with Gasteiger partial charge in [0.25, 0.3) is 11.8 Å². The molecule has 0 saturated heterocycles. The Morgan fingerprint density at radius 3 is 2.63 bits per heavy atom. The number of thiophene rings is 1. The zero-order chi connectivity index (χ0) is 20.9. The van der Waals surface area contributed by atoms with Crippen molar-refractivity contribution in [3.63, 3.8) is 0 Å². The van der Waals surface area contributed by atoms with Crippen LogP contribution in [-0.4, -0.2) is 27.0 Å². The van der Waals surface area contributed by atoms with E-state index in [9.17, 15) is 9.59 Å². The summed E-state index contributed by atoms with van der Waals surface area (Å²) in [4.78, 5) is 29.7. The van der Waals surface area contributed by atoms with Crippen molar-refractivity contribution in [1.29, 1.82) is 0 Å². The van der Waals surface area contributed by atoms with Gasteiger partial charge in [0.05, 0.1) is 14.9 Å². The van der Waals surface area contributed by atoms with Crippen molar-refractivity contribution in [1.82, 2.24) is 20.5 Å². The van der Waals surface area contributed by atoms with Crippen LogP contribution in [0.3, 0.4) is 0 Å². The Kier molecular flexibility index (Phi) is 5.87. The van der Waals surface area contributed by atoms with Gasteiger partial charge in [0.1, 0.15) is 0 Å². The predicted octanol–water partition coefficient (Wildman–Crippen LogP) is 4.37. The zero-order valence-electron chi connectivity index (χ0n) is 15.6. The van der Waals surface area contributed by atoms with Crippen LogP contribution in [0.1, 0.15) is 26.4 Å². The molecule has 0 radical (unpaired) electrons. The first kappa shape index (κ1) is 19.8. The second-order valence-corrected chi connectivity index (χ2v) is 8.06. The van der Waals surface area contributed by atoms with Crippen LogP contribution in [0.25, 0.3) is 10.6 Å². The maximum absolute atomic E-state index is 12.4. The average Bonchev–Trinajstić information content (AvgIpc) is 3.42. The third kappa shape index (κ3) is 4.73. The molecule has 0 saturated carbocycles. The summed E-state index contributed by atoms with van der Waals surface area (Å²) in [5.74, 6) is -0.548. The Bertz CT molecular complexity index is 1190. The van der Waals surface area contributed by atoms with Gasteiger partial charge in [-0.05, 0) is 48.0 Å². The fraction of sp³-hybridized carbons (Fsp3) is 0.0476. The fourth-order valence-corrected chi connectivity index (χ4v) is 3.77. The maximum atomic E-state index is 12.4. The Morgan fingerprint density at radius 2 is 1.87 bits per heavy atom. The van der Waals surface area contributed by atoms with Gasteiger partial charge in [0.2, 0.25) is 0 Å². The van der Waals surface area contributed by atoms with Gasteiger partial charge in [-0.25, -0.2) is 0 Å². The first-order chi connectivity index (χ1) is 14.6. The van der Waals surface area contributed by atoms with Gasteiger partial charge in [-0.2, -0.15) is 5.10 Å². The second kappa shape index (κ2) is 8.89. The van der Waals surface area contributed by atoms with Crippen LogP contribution in [0, 0.1) is 0 Å². The van der Waals surface area contributed by atoms with Crippen molar-refractivity contribution >= 4 is 40.4 Å². The summed E-state index contributed by atoms with van der Waals surface area (Å²) in [6.07, 6.45) is 3.21. The molecule has 0 aliphatic carbocycles. The summed E-state index contributed by atoms with van der Waals surface area (Å²) >= 11 is 7.35. The molecule has 4 aromatic rings. The van der Waals surface area contributed by atoms with E-state index in [1.54, 1.807) is 54.9 Å². The number of nitrogens with zero attached hydrogens (tertiary/aromatic N) is 2. The highest BCUT2D eigenvalue weighted by molar-refractivity contribution is 7.19. The van der Waals surface area contributed by atoms with Gasteiger partial charge in [-0.3, -0.25) is 19.7 Å². The number of rotatable bonds is 6. The lowest BCUT2D eigenvalue weighted by atomic mass is 10.1. The zero-order valence-corrected chi connectivity index (χ0v) is 17.1. The molecule has 150 valence electrons. The molecular formula is C21H16ClN5O2S. The lowest BCUT2D eigenvalue weighted by Gasteiger charge is -2.07. The number of hydrogen-bond donors (Lipinski definition) is 3. The summed E-state index contributed by atoms with van der Waals surface area (Å²) in [5.41, 5.74) is 2.96. The topological polar surface area (TPSA) is 99.8 Å². The monoisotopic (exact) mass is 437 g/mol. The number of benzene rings is 1. The SMILES string of the molecule is O=C(Nc1ccncc1)c1cccc(CNC(=O)c2cc(-c3ccc(Cl)s3)[nH]n2)c1. The highest BCUT2D eigenvalue weighted by atomic mass is 35.5. The smallest absolute Gasteiger partial charge is 0.272 e. The van der Waals surface area contributed by atoms with Crippen LogP contribution < -0.4 is 10.6 Å². The van der Waals surface area contributed by atoms with Crippen LogP contribution in [0.4, 0.5) is 5.69 Å². The van der Waals surface area contributed by atoms with Gasteiger partial charge in [0.15, 0.2) is 5.69 Å². The summed E-state index contributed by atoms with van der Waals surface area (Å²) in [5, 5.41) is 12.5. The Labute approximate surface area is 181 Å². The van der Waals surface area contributed by atoms with Gasteiger partial charge in [-0.15, -0.1) is 11.3 Å². The summed E-state index contributed by atoms with van der Waals surface area (Å²) in [6, 6.07) is 15.8. The molecular weight excluding hydrogens is 422 g/mol. The van der Waals surface area contributed by atoms with Crippen LogP contribution in [0.5, 0.6) is 0 Å². The minimum Gasteiger partial charge on any atom is -0.347 e. The van der Waals surface area contributed by atoms with Crippen molar-refractivity contribution in [2.45, 2.75) is 6.54 Å². The molecule has 30 heavy (non-hydrogen) atoms. The third-order valence-corrected chi connectivity index (χ3v) is 5.49. The third-order valence-electron chi connectivity index (χ3n) is 4.23.